The molecule has 0 radical (unpaired) electrons. The van der Waals surface area contributed by atoms with Crippen LogP contribution in [-0.2, 0) is 0 Å². The summed E-state index contributed by atoms with van der Waals surface area (Å²) in [6.07, 6.45) is 0. The van der Waals surface area contributed by atoms with Gasteiger partial charge in [-0.1, -0.05) is 15.9 Å². The Hall–Kier alpha value is -1.03. The van der Waals surface area contributed by atoms with Gasteiger partial charge in [0.05, 0.1) is 0 Å². The summed E-state index contributed by atoms with van der Waals surface area (Å²) in [5, 5.41) is 9.84. The van der Waals surface area contributed by atoms with Gasteiger partial charge in [-0.25, -0.2) is 0 Å². The minimum absolute atomic E-state index is 0.0399. The molecule has 82 valence electrons. The lowest BCUT2D eigenvalue weighted by atomic mass is 10.2. The van der Waals surface area contributed by atoms with Gasteiger partial charge in [0, 0.05) is 24.0 Å². The van der Waals surface area contributed by atoms with Crippen LogP contribution in [0.2, 0.25) is 0 Å². The van der Waals surface area contributed by atoms with E-state index < -0.39 is 0 Å². The summed E-state index contributed by atoms with van der Waals surface area (Å²) in [4.78, 5) is 13.5. The van der Waals surface area contributed by atoms with E-state index in [1.54, 1.807) is 24.1 Å². The maximum atomic E-state index is 11.9. The van der Waals surface area contributed by atoms with Gasteiger partial charge in [-0.15, -0.1) is 0 Å². The minimum atomic E-state index is -0.0399. The molecule has 0 aliphatic heterocycles. The van der Waals surface area contributed by atoms with Crippen molar-refractivity contribution >= 4 is 21.8 Å². The van der Waals surface area contributed by atoms with Crippen molar-refractivity contribution in [3.8, 4) is 5.75 Å². The number of phenolic OH excluding ortho intramolecular Hbond substituents is 1. The molecule has 0 saturated carbocycles. The summed E-state index contributed by atoms with van der Waals surface area (Å²) in [5.41, 5.74) is 0.586. The first-order valence-corrected chi connectivity index (χ1v) is 5.80. The number of alkyl halides is 1. The molecule has 1 unspecified atom stereocenters. The third-order valence-corrected chi connectivity index (χ3v) is 3.26. The molecule has 0 aliphatic carbocycles. The van der Waals surface area contributed by atoms with Crippen LogP contribution in [0.3, 0.4) is 0 Å². The Bertz CT molecular complexity index is 337. The first kappa shape index (κ1) is 12.0. The lowest BCUT2D eigenvalue weighted by Gasteiger charge is -2.23. The molecule has 0 aromatic heterocycles. The predicted molar refractivity (Wildman–Crippen MR) is 63.5 cm³/mol. The number of carbonyl (C=O) groups excluding carboxylic acids is 1. The zero-order valence-electron chi connectivity index (χ0n) is 8.77. The van der Waals surface area contributed by atoms with Crippen molar-refractivity contribution in [3.05, 3.63) is 29.8 Å². The summed E-state index contributed by atoms with van der Waals surface area (Å²) >= 11 is 3.33. The van der Waals surface area contributed by atoms with Crippen LogP contribution in [0.4, 0.5) is 0 Å². The number of rotatable bonds is 3. The fourth-order valence-corrected chi connectivity index (χ4v) is 1.55. The van der Waals surface area contributed by atoms with Gasteiger partial charge in [0.1, 0.15) is 5.75 Å². The zero-order chi connectivity index (χ0) is 11.4. The van der Waals surface area contributed by atoms with Crippen LogP contribution < -0.4 is 0 Å². The monoisotopic (exact) mass is 271 g/mol. The molecule has 0 fully saturated rings. The molecule has 3 nitrogen and oxygen atoms in total. The number of amides is 1. The van der Waals surface area contributed by atoms with E-state index in [4.69, 9.17) is 5.11 Å². The van der Waals surface area contributed by atoms with Crippen molar-refractivity contribution < 1.29 is 9.90 Å². The van der Waals surface area contributed by atoms with E-state index in [2.05, 4.69) is 15.9 Å². The van der Waals surface area contributed by atoms with Crippen LogP contribution in [0.15, 0.2) is 24.3 Å². The molecule has 0 heterocycles. The number of carbonyl (C=O) groups is 1. The van der Waals surface area contributed by atoms with Crippen LogP contribution in [-0.4, -0.2) is 34.3 Å². The predicted octanol–water partition coefficient (Wildman–Crippen LogP) is 2.25. The summed E-state index contributed by atoms with van der Waals surface area (Å²) in [5.74, 6) is 0.129. The number of benzene rings is 1. The maximum Gasteiger partial charge on any atom is 0.253 e. The van der Waals surface area contributed by atoms with Crippen LogP contribution in [0.5, 0.6) is 5.75 Å². The van der Waals surface area contributed by atoms with E-state index in [1.807, 2.05) is 6.92 Å². The first-order valence-electron chi connectivity index (χ1n) is 4.68. The second-order valence-corrected chi connectivity index (χ2v) is 4.11. The summed E-state index contributed by atoms with van der Waals surface area (Å²) in [6.45, 7) is 1.97. The number of halogens is 1. The highest BCUT2D eigenvalue weighted by Gasteiger charge is 2.16. The second kappa shape index (κ2) is 5.16. The van der Waals surface area contributed by atoms with Gasteiger partial charge in [-0.05, 0) is 31.2 Å². The molecular weight excluding hydrogens is 258 g/mol. The average molecular weight is 272 g/mol. The van der Waals surface area contributed by atoms with Crippen molar-refractivity contribution in [1.82, 2.24) is 4.90 Å². The third-order valence-electron chi connectivity index (χ3n) is 2.32. The van der Waals surface area contributed by atoms with Crippen LogP contribution >= 0.6 is 15.9 Å². The van der Waals surface area contributed by atoms with Crippen molar-refractivity contribution in [2.75, 3.05) is 12.4 Å². The van der Waals surface area contributed by atoms with Crippen molar-refractivity contribution in [3.63, 3.8) is 0 Å². The summed E-state index contributed by atoms with van der Waals surface area (Å²) < 4.78 is 0. The standard InChI is InChI=1S/C11H14BrNO2/c1-8(7-12)13(2)11(15)9-3-5-10(14)6-4-9/h3-6,8,14H,7H2,1-2H3. The molecule has 1 amide bonds. The topological polar surface area (TPSA) is 40.5 Å². The Morgan fingerprint density at radius 1 is 1.47 bits per heavy atom. The third kappa shape index (κ3) is 2.96. The second-order valence-electron chi connectivity index (χ2n) is 3.47. The number of aromatic hydroxyl groups is 1. The molecule has 0 spiro atoms. The molecular formula is C11H14BrNO2. The quantitative estimate of drug-likeness (QED) is 0.857. The Balaban J connectivity index is 2.80. The highest BCUT2D eigenvalue weighted by Crippen LogP contribution is 2.12. The Morgan fingerprint density at radius 2 is 2.00 bits per heavy atom. The molecule has 1 atom stereocenters. The van der Waals surface area contributed by atoms with E-state index in [1.165, 1.54) is 12.1 Å². The van der Waals surface area contributed by atoms with Gasteiger partial charge >= 0.3 is 0 Å². The lowest BCUT2D eigenvalue weighted by Crippen LogP contribution is -2.35. The van der Waals surface area contributed by atoms with E-state index >= 15 is 0 Å². The van der Waals surface area contributed by atoms with Crippen molar-refractivity contribution in [2.45, 2.75) is 13.0 Å². The Morgan fingerprint density at radius 3 is 2.47 bits per heavy atom. The maximum absolute atomic E-state index is 11.9. The van der Waals surface area contributed by atoms with Gasteiger partial charge in [0.2, 0.25) is 0 Å². The molecule has 4 heteroatoms. The summed E-state index contributed by atoms with van der Waals surface area (Å²) in [7, 11) is 1.76. The normalized spacial score (nSPS) is 12.2. The van der Waals surface area contributed by atoms with Gasteiger partial charge in [-0.2, -0.15) is 0 Å². The Labute approximate surface area is 97.8 Å². The minimum Gasteiger partial charge on any atom is -0.508 e. The highest BCUT2D eigenvalue weighted by atomic mass is 79.9. The van der Waals surface area contributed by atoms with Crippen LogP contribution in [0.25, 0.3) is 0 Å². The van der Waals surface area contributed by atoms with Gasteiger partial charge in [-0.3, -0.25) is 4.79 Å². The first-order chi connectivity index (χ1) is 7.06. The van der Waals surface area contributed by atoms with Gasteiger partial charge < -0.3 is 10.0 Å². The van der Waals surface area contributed by atoms with Crippen LogP contribution in [0, 0.1) is 0 Å². The lowest BCUT2D eigenvalue weighted by molar-refractivity contribution is 0.0758. The fraction of sp³-hybridized carbons (Fsp3) is 0.364. The van der Waals surface area contributed by atoms with Crippen LogP contribution in [0.1, 0.15) is 17.3 Å². The largest absolute Gasteiger partial charge is 0.508 e. The molecule has 0 aliphatic rings. The Kier molecular flexibility index (Phi) is 4.15. The molecule has 1 aromatic carbocycles. The van der Waals surface area contributed by atoms with E-state index in [-0.39, 0.29) is 17.7 Å². The molecule has 1 aromatic rings. The summed E-state index contributed by atoms with van der Waals surface area (Å²) in [6, 6.07) is 6.41. The number of hydrogen-bond donors (Lipinski definition) is 1. The SMILES string of the molecule is CC(CBr)N(C)C(=O)c1ccc(O)cc1. The molecule has 0 saturated heterocycles. The van der Waals surface area contributed by atoms with E-state index in [0.717, 1.165) is 5.33 Å². The molecule has 0 bridgehead atoms. The fourth-order valence-electron chi connectivity index (χ4n) is 1.11. The number of nitrogens with zero attached hydrogens (tertiary/aromatic N) is 1. The average Bonchev–Trinajstić information content (AvgIpc) is 2.27. The zero-order valence-corrected chi connectivity index (χ0v) is 10.4. The molecule has 1 rings (SSSR count). The number of hydrogen-bond acceptors (Lipinski definition) is 2. The molecule has 1 N–H and O–H groups in total. The highest BCUT2D eigenvalue weighted by molar-refractivity contribution is 9.09. The van der Waals surface area contributed by atoms with Gasteiger partial charge in [0.25, 0.3) is 5.91 Å². The van der Waals surface area contributed by atoms with Gasteiger partial charge in [0.15, 0.2) is 0 Å². The van der Waals surface area contributed by atoms with Crippen molar-refractivity contribution in [1.29, 1.82) is 0 Å². The number of phenols is 1. The molecule has 15 heavy (non-hydrogen) atoms. The van der Waals surface area contributed by atoms with E-state index in [0.29, 0.717) is 5.56 Å². The van der Waals surface area contributed by atoms with Crippen molar-refractivity contribution in [2.24, 2.45) is 0 Å². The van der Waals surface area contributed by atoms with E-state index in [9.17, 15) is 4.79 Å². The smallest absolute Gasteiger partial charge is 0.253 e.